The van der Waals surface area contributed by atoms with Gasteiger partial charge >= 0.3 is 0 Å². The van der Waals surface area contributed by atoms with Gasteiger partial charge in [-0.15, -0.1) is 0 Å². The molecule has 1 atom stereocenters. The van der Waals surface area contributed by atoms with Crippen molar-refractivity contribution >= 4 is 0 Å². The number of hydrogen-bond acceptors (Lipinski definition) is 1. The van der Waals surface area contributed by atoms with E-state index < -0.39 is 0 Å². The number of benzene rings is 2. The van der Waals surface area contributed by atoms with Gasteiger partial charge in [-0.25, -0.2) is 0 Å². The molecule has 0 unspecified atom stereocenters. The first-order chi connectivity index (χ1) is 9.33. The summed E-state index contributed by atoms with van der Waals surface area (Å²) in [7, 11) is 1.70. The van der Waals surface area contributed by atoms with Crippen LogP contribution in [0.2, 0.25) is 0 Å². The highest BCUT2D eigenvalue weighted by atomic mass is 16.5. The topological polar surface area (TPSA) is 9.23 Å². The van der Waals surface area contributed by atoms with E-state index in [-0.39, 0.29) is 0 Å². The molecule has 0 aliphatic carbocycles. The molecule has 2 rings (SSSR count). The van der Waals surface area contributed by atoms with Gasteiger partial charge in [0.1, 0.15) is 5.75 Å². The summed E-state index contributed by atoms with van der Waals surface area (Å²) >= 11 is 0. The molecule has 0 aliphatic heterocycles. The molecule has 0 aliphatic rings. The zero-order valence-corrected chi connectivity index (χ0v) is 11.5. The molecule has 1 nitrogen and oxygen atoms in total. The molecule has 0 aromatic heterocycles. The molecule has 0 saturated heterocycles. The maximum absolute atomic E-state index is 5.19. The van der Waals surface area contributed by atoms with Gasteiger partial charge in [0.25, 0.3) is 0 Å². The maximum atomic E-state index is 5.19. The molecule has 0 spiro atoms. The average Bonchev–Trinajstić information content (AvgIpc) is 2.48. The lowest BCUT2D eigenvalue weighted by atomic mass is 9.91. The van der Waals surface area contributed by atoms with E-state index in [4.69, 9.17) is 4.74 Å². The van der Waals surface area contributed by atoms with Crippen LogP contribution in [0.25, 0.3) is 0 Å². The minimum absolute atomic E-state index is 0.430. The van der Waals surface area contributed by atoms with Gasteiger partial charge in [-0.3, -0.25) is 0 Å². The summed E-state index contributed by atoms with van der Waals surface area (Å²) in [6.45, 7) is 2.07. The lowest BCUT2D eigenvalue weighted by Gasteiger charge is -2.13. The zero-order chi connectivity index (χ0) is 13.5. The number of methoxy groups -OCH3 is 1. The van der Waals surface area contributed by atoms with E-state index in [1.54, 1.807) is 7.11 Å². The fraction of sp³-hybridized carbons (Fsp3) is 0.222. The Morgan fingerprint density at radius 3 is 2.26 bits per heavy atom. The third-order valence-corrected chi connectivity index (χ3v) is 3.27. The molecule has 0 bridgehead atoms. The summed E-state index contributed by atoms with van der Waals surface area (Å²) in [5.74, 6) is 1.34. The molecule has 98 valence electrons. The fourth-order valence-electron chi connectivity index (χ4n) is 2.25. The molecule has 0 amide bonds. The van der Waals surface area contributed by atoms with Crippen molar-refractivity contribution in [3.63, 3.8) is 0 Å². The molecule has 19 heavy (non-hydrogen) atoms. The van der Waals surface area contributed by atoms with Crippen LogP contribution in [0.15, 0.2) is 66.7 Å². The third-order valence-electron chi connectivity index (χ3n) is 3.27. The largest absolute Gasteiger partial charge is 0.497 e. The van der Waals surface area contributed by atoms with Gasteiger partial charge in [-0.05, 0) is 36.6 Å². The normalized spacial score (nSPS) is 12.5. The minimum Gasteiger partial charge on any atom is -0.497 e. The Bertz CT molecular complexity index is 511. The Kier molecular flexibility index (Phi) is 4.79. The Balaban J connectivity index is 2.16. The van der Waals surface area contributed by atoms with Crippen molar-refractivity contribution in [2.45, 2.75) is 19.3 Å². The van der Waals surface area contributed by atoms with Crippen LogP contribution in [0, 0.1) is 0 Å². The van der Waals surface area contributed by atoms with Gasteiger partial charge in [0, 0.05) is 5.92 Å². The van der Waals surface area contributed by atoms with E-state index in [1.165, 1.54) is 11.1 Å². The molecule has 2 aromatic rings. The molecule has 2 aromatic carbocycles. The standard InChI is InChI=1S/C18H20O/c1-3-7-17(16-8-5-4-6-9-16)14-15-10-12-18(19-2)13-11-15/h3-13,17H,14H2,1-2H3/b7-3+/t17-/m0/s1. The van der Waals surface area contributed by atoms with Crippen molar-refractivity contribution in [3.8, 4) is 5.75 Å². The van der Waals surface area contributed by atoms with Crippen molar-refractivity contribution in [1.29, 1.82) is 0 Å². The maximum Gasteiger partial charge on any atom is 0.118 e. The first kappa shape index (κ1) is 13.4. The summed E-state index contributed by atoms with van der Waals surface area (Å²) in [6.07, 6.45) is 5.40. The van der Waals surface area contributed by atoms with Gasteiger partial charge in [0.2, 0.25) is 0 Å². The summed E-state index contributed by atoms with van der Waals surface area (Å²) in [4.78, 5) is 0. The van der Waals surface area contributed by atoms with Crippen molar-refractivity contribution in [1.82, 2.24) is 0 Å². The predicted octanol–water partition coefficient (Wildman–Crippen LogP) is 4.60. The van der Waals surface area contributed by atoms with Crippen LogP contribution < -0.4 is 4.74 Å². The highest BCUT2D eigenvalue weighted by molar-refractivity contribution is 5.31. The summed E-state index contributed by atoms with van der Waals surface area (Å²) in [5, 5.41) is 0. The third kappa shape index (κ3) is 3.72. The van der Waals surface area contributed by atoms with Gasteiger partial charge in [0.15, 0.2) is 0 Å². The van der Waals surface area contributed by atoms with E-state index in [0.717, 1.165) is 12.2 Å². The average molecular weight is 252 g/mol. The SMILES string of the molecule is C/C=C/[C@@H](Cc1ccc(OC)cc1)c1ccccc1. The number of allylic oxidation sites excluding steroid dienone is 2. The van der Waals surface area contributed by atoms with Gasteiger partial charge in [-0.2, -0.15) is 0 Å². The first-order valence-electron chi connectivity index (χ1n) is 6.64. The van der Waals surface area contributed by atoms with E-state index in [1.807, 2.05) is 12.1 Å². The fourth-order valence-corrected chi connectivity index (χ4v) is 2.25. The highest BCUT2D eigenvalue weighted by Gasteiger charge is 2.08. The van der Waals surface area contributed by atoms with Crippen LogP contribution in [0.1, 0.15) is 24.0 Å². The molecule has 0 fully saturated rings. The van der Waals surface area contributed by atoms with Crippen LogP contribution in [-0.4, -0.2) is 7.11 Å². The molecule has 0 saturated carbocycles. The second-order valence-electron chi connectivity index (χ2n) is 4.60. The lowest BCUT2D eigenvalue weighted by molar-refractivity contribution is 0.414. The predicted molar refractivity (Wildman–Crippen MR) is 80.7 cm³/mol. The van der Waals surface area contributed by atoms with Crippen molar-refractivity contribution in [3.05, 3.63) is 77.9 Å². The van der Waals surface area contributed by atoms with Crippen LogP contribution in [-0.2, 0) is 6.42 Å². The highest BCUT2D eigenvalue weighted by Crippen LogP contribution is 2.23. The van der Waals surface area contributed by atoms with Crippen LogP contribution in [0.4, 0.5) is 0 Å². The van der Waals surface area contributed by atoms with Gasteiger partial charge in [-0.1, -0.05) is 54.6 Å². The van der Waals surface area contributed by atoms with Crippen molar-refractivity contribution in [2.75, 3.05) is 7.11 Å². The van der Waals surface area contributed by atoms with Crippen LogP contribution >= 0.6 is 0 Å². The Morgan fingerprint density at radius 2 is 1.68 bits per heavy atom. The van der Waals surface area contributed by atoms with Crippen LogP contribution in [0.5, 0.6) is 5.75 Å². The smallest absolute Gasteiger partial charge is 0.118 e. The Hall–Kier alpha value is -2.02. The zero-order valence-electron chi connectivity index (χ0n) is 11.5. The molecular formula is C18H20O. The van der Waals surface area contributed by atoms with E-state index in [2.05, 4.69) is 61.5 Å². The van der Waals surface area contributed by atoms with Crippen molar-refractivity contribution < 1.29 is 4.74 Å². The monoisotopic (exact) mass is 252 g/mol. The summed E-state index contributed by atoms with van der Waals surface area (Å²) in [5.41, 5.74) is 2.68. The summed E-state index contributed by atoms with van der Waals surface area (Å²) < 4.78 is 5.19. The first-order valence-corrected chi connectivity index (χ1v) is 6.64. The van der Waals surface area contributed by atoms with Crippen LogP contribution in [0.3, 0.4) is 0 Å². The number of rotatable bonds is 5. The second-order valence-corrected chi connectivity index (χ2v) is 4.60. The minimum atomic E-state index is 0.430. The molecule has 0 radical (unpaired) electrons. The van der Waals surface area contributed by atoms with E-state index >= 15 is 0 Å². The van der Waals surface area contributed by atoms with E-state index in [0.29, 0.717) is 5.92 Å². The Labute approximate surface area is 115 Å². The quantitative estimate of drug-likeness (QED) is 0.707. The number of ether oxygens (including phenoxy) is 1. The summed E-state index contributed by atoms with van der Waals surface area (Å²) in [6, 6.07) is 18.9. The molecule has 1 heteroatoms. The van der Waals surface area contributed by atoms with Gasteiger partial charge in [0.05, 0.1) is 7.11 Å². The molecule has 0 N–H and O–H groups in total. The lowest BCUT2D eigenvalue weighted by Crippen LogP contribution is -2.00. The Morgan fingerprint density at radius 1 is 1.00 bits per heavy atom. The van der Waals surface area contributed by atoms with Gasteiger partial charge < -0.3 is 4.74 Å². The molecule has 0 heterocycles. The van der Waals surface area contributed by atoms with E-state index in [9.17, 15) is 0 Å². The van der Waals surface area contributed by atoms with Crippen molar-refractivity contribution in [2.24, 2.45) is 0 Å². The second kappa shape index (κ2) is 6.79. The number of hydrogen-bond donors (Lipinski definition) is 0. The molecular weight excluding hydrogens is 232 g/mol.